The van der Waals surface area contributed by atoms with E-state index in [2.05, 4.69) is 70.7 Å². The molecule has 3 aliphatic heterocycles. The third-order valence-corrected chi connectivity index (χ3v) is 8.51. The Hall–Kier alpha value is -3.65. The van der Waals surface area contributed by atoms with Crippen molar-refractivity contribution in [2.75, 3.05) is 62.2 Å². The number of hydrogen-bond donors (Lipinski definition) is 0. The van der Waals surface area contributed by atoms with Crippen molar-refractivity contribution in [2.24, 2.45) is 0 Å². The first-order valence-electron chi connectivity index (χ1n) is 14.3. The maximum Gasteiger partial charge on any atom is 0.318 e. The van der Waals surface area contributed by atoms with Gasteiger partial charge in [0.05, 0.1) is 12.2 Å². The number of ether oxygens (including phenoxy) is 1. The molecule has 0 N–H and O–H groups in total. The molecule has 1 atom stereocenters. The van der Waals surface area contributed by atoms with Crippen LogP contribution in [0.3, 0.4) is 0 Å². The molecule has 39 heavy (non-hydrogen) atoms. The van der Waals surface area contributed by atoms with E-state index in [0.717, 1.165) is 57.1 Å². The molecule has 3 aromatic rings. The zero-order valence-electron chi connectivity index (χ0n) is 22.9. The van der Waals surface area contributed by atoms with Crippen LogP contribution < -0.4 is 14.5 Å². The Morgan fingerprint density at radius 1 is 1.03 bits per heavy atom. The summed E-state index contributed by atoms with van der Waals surface area (Å²) in [5, 5.41) is 2.51. The topological polar surface area (TPSA) is 65.0 Å². The molecule has 2 fully saturated rings. The van der Waals surface area contributed by atoms with Gasteiger partial charge in [-0.25, -0.2) is 0 Å². The van der Waals surface area contributed by atoms with Crippen molar-refractivity contribution in [1.29, 1.82) is 0 Å². The Bertz CT molecular complexity index is 1350. The van der Waals surface area contributed by atoms with Crippen molar-refractivity contribution in [3.05, 3.63) is 66.4 Å². The molecule has 4 heterocycles. The van der Waals surface area contributed by atoms with E-state index < -0.39 is 0 Å². The van der Waals surface area contributed by atoms with Crippen LogP contribution in [0.15, 0.2) is 55.1 Å². The molecule has 2 saturated heterocycles. The number of amides is 1. The predicted molar refractivity (Wildman–Crippen MR) is 155 cm³/mol. The number of fused-ring (bicyclic) bond motifs is 2. The average Bonchev–Trinajstić information content (AvgIpc) is 3.46. The van der Waals surface area contributed by atoms with E-state index in [4.69, 9.17) is 14.7 Å². The second-order valence-electron chi connectivity index (χ2n) is 10.7. The van der Waals surface area contributed by atoms with E-state index in [9.17, 15) is 4.79 Å². The van der Waals surface area contributed by atoms with E-state index in [1.54, 1.807) is 0 Å². The Morgan fingerprint density at radius 2 is 1.85 bits per heavy atom. The molecule has 204 valence electrons. The number of carbonyl (C=O) groups is 1. The monoisotopic (exact) mass is 526 g/mol. The number of likely N-dealkylation sites (tertiary alicyclic amines) is 1. The van der Waals surface area contributed by atoms with Gasteiger partial charge in [-0.1, -0.05) is 49.9 Å². The largest absolute Gasteiger partial charge is 0.462 e. The molecule has 0 unspecified atom stereocenters. The summed E-state index contributed by atoms with van der Waals surface area (Å²) in [6.45, 7) is 13.1. The van der Waals surface area contributed by atoms with Crippen LogP contribution in [-0.2, 0) is 17.8 Å². The van der Waals surface area contributed by atoms with Gasteiger partial charge in [-0.2, -0.15) is 9.97 Å². The van der Waals surface area contributed by atoms with Crippen molar-refractivity contribution in [2.45, 2.75) is 38.8 Å². The summed E-state index contributed by atoms with van der Waals surface area (Å²) < 4.78 is 6.32. The van der Waals surface area contributed by atoms with E-state index >= 15 is 0 Å². The summed E-state index contributed by atoms with van der Waals surface area (Å²) in [4.78, 5) is 31.2. The number of likely N-dealkylation sites (N-methyl/N-ethyl adjacent to an activating group) is 1. The number of piperazine rings is 1. The minimum absolute atomic E-state index is 0.00819. The summed E-state index contributed by atoms with van der Waals surface area (Å²) in [5.41, 5.74) is 3.48. The minimum atomic E-state index is -0.00819. The van der Waals surface area contributed by atoms with E-state index in [-0.39, 0.29) is 5.91 Å². The highest BCUT2D eigenvalue weighted by Gasteiger charge is 2.30. The SMILES string of the molecule is C=CC(=O)N1CCN(c2nc(OC[C@H]3CCCN3CC)nc3c2CCN(c2cccc4ccccc24)C3)CC1. The molecule has 6 rings (SSSR count). The van der Waals surface area contributed by atoms with Crippen molar-refractivity contribution in [3.63, 3.8) is 0 Å². The van der Waals surface area contributed by atoms with Crippen LogP contribution in [0.1, 0.15) is 31.0 Å². The summed E-state index contributed by atoms with van der Waals surface area (Å²) in [7, 11) is 0. The fourth-order valence-corrected chi connectivity index (χ4v) is 6.34. The lowest BCUT2D eigenvalue weighted by atomic mass is 10.0. The molecule has 8 heteroatoms. The number of nitrogens with zero attached hydrogens (tertiary/aromatic N) is 6. The van der Waals surface area contributed by atoms with Crippen molar-refractivity contribution in [1.82, 2.24) is 19.8 Å². The minimum Gasteiger partial charge on any atom is -0.462 e. The summed E-state index contributed by atoms with van der Waals surface area (Å²) in [6, 6.07) is 16.0. The molecule has 1 aromatic heterocycles. The predicted octanol–water partition coefficient (Wildman–Crippen LogP) is 3.89. The maximum absolute atomic E-state index is 12.2. The zero-order chi connectivity index (χ0) is 26.8. The molecule has 0 spiro atoms. The van der Waals surface area contributed by atoms with Gasteiger partial charge in [0.2, 0.25) is 5.91 Å². The second kappa shape index (κ2) is 11.2. The zero-order valence-corrected chi connectivity index (χ0v) is 22.9. The van der Waals surface area contributed by atoms with Gasteiger partial charge < -0.3 is 19.4 Å². The van der Waals surface area contributed by atoms with Crippen LogP contribution in [0.25, 0.3) is 10.8 Å². The van der Waals surface area contributed by atoms with Crippen molar-refractivity contribution in [3.8, 4) is 6.01 Å². The van der Waals surface area contributed by atoms with Crippen molar-refractivity contribution < 1.29 is 9.53 Å². The summed E-state index contributed by atoms with van der Waals surface area (Å²) in [5.74, 6) is 0.961. The fourth-order valence-electron chi connectivity index (χ4n) is 6.34. The lowest BCUT2D eigenvalue weighted by molar-refractivity contribution is -0.126. The highest BCUT2D eigenvalue weighted by Crippen LogP contribution is 2.34. The lowest BCUT2D eigenvalue weighted by Crippen LogP contribution is -2.49. The third kappa shape index (κ3) is 5.17. The number of hydrogen-bond acceptors (Lipinski definition) is 7. The molecule has 0 aliphatic carbocycles. The molecule has 1 amide bonds. The number of aromatic nitrogens is 2. The van der Waals surface area contributed by atoms with Gasteiger partial charge in [0.1, 0.15) is 12.4 Å². The van der Waals surface area contributed by atoms with Gasteiger partial charge in [-0.15, -0.1) is 0 Å². The molecule has 2 aromatic carbocycles. The van der Waals surface area contributed by atoms with E-state index in [1.807, 2.05) is 4.90 Å². The molecular weight excluding hydrogens is 488 g/mol. The van der Waals surface area contributed by atoms with Gasteiger partial charge in [0.15, 0.2) is 0 Å². The van der Waals surface area contributed by atoms with Gasteiger partial charge in [-0.05, 0) is 49.9 Å². The number of benzene rings is 2. The smallest absolute Gasteiger partial charge is 0.318 e. The van der Waals surface area contributed by atoms with Crippen LogP contribution in [0.4, 0.5) is 11.5 Å². The average molecular weight is 527 g/mol. The first-order valence-corrected chi connectivity index (χ1v) is 14.3. The molecule has 0 bridgehead atoms. The summed E-state index contributed by atoms with van der Waals surface area (Å²) >= 11 is 0. The Morgan fingerprint density at radius 3 is 2.67 bits per heavy atom. The highest BCUT2D eigenvalue weighted by atomic mass is 16.5. The van der Waals surface area contributed by atoms with Crippen LogP contribution in [0.2, 0.25) is 0 Å². The van der Waals surface area contributed by atoms with Crippen LogP contribution in [-0.4, -0.2) is 84.1 Å². The molecule has 0 saturated carbocycles. The van der Waals surface area contributed by atoms with Crippen LogP contribution in [0, 0.1) is 0 Å². The number of rotatable bonds is 7. The Kier molecular flexibility index (Phi) is 7.37. The molecule has 0 radical (unpaired) electrons. The van der Waals surface area contributed by atoms with Crippen LogP contribution in [0.5, 0.6) is 6.01 Å². The third-order valence-electron chi connectivity index (χ3n) is 8.51. The summed E-state index contributed by atoms with van der Waals surface area (Å²) in [6.07, 6.45) is 4.64. The van der Waals surface area contributed by atoms with Crippen LogP contribution >= 0.6 is 0 Å². The van der Waals surface area contributed by atoms with Gasteiger partial charge in [0.25, 0.3) is 0 Å². The fraction of sp³-hybridized carbons (Fsp3) is 0.452. The Labute approximate surface area is 230 Å². The van der Waals surface area contributed by atoms with E-state index in [1.165, 1.54) is 34.5 Å². The van der Waals surface area contributed by atoms with Gasteiger partial charge in [-0.3, -0.25) is 9.69 Å². The molecule has 8 nitrogen and oxygen atoms in total. The number of carbonyl (C=O) groups excluding carboxylic acids is 1. The first-order chi connectivity index (χ1) is 19.1. The maximum atomic E-state index is 12.2. The molecule has 3 aliphatic rings. The Balaban J connectivity index is 1.29. The van der Waals surface area contributed by atoms with Gasteiger partial charge in [0, 0.05) is 55.4 Å². The lowest BCUT2D eigenvalue weighted by Gasteiger charge is -2.38. The normalized spacial score (nSPS) is 19.8. The second-order valence-corrected chi connectivity index (χ2v) is 10.7. The quantitative estimate of drug-likeness (QED) is 0.433. The highest BCUT2D eigenvalue weighted by molar-refractivity contribution is 5.94. The van der Waals surface area contributed by atoms with Gasteiger partial charge >= 0.3 is 6.01 Å². The van der Waals surface area contributed by atoms with E-state index in [0.29, 0.717) is 38.3 Å². The van der Waals surface area contributed by atoms with Crippen molar-refractivity contribution >= 4 is 28.2 Å². The number of anilines is 2. The standard InChI is InChI=1S/C31H38N6O2/c1-3-29(38)35-17-19-36(20-18-35)30-26-14-16-37(28-13-7-10-23-9-5-6-12-25(23)28)21-27(26)32-31(33-30)39-22-24-11-8-15-34(24)4-2/h3,5-7,9-10,12-13,24H,1,4,8,11,14-22H2,2H3/t24-/m1/s1. The molecular formula is C31H38N6O2. The first kappa shape index (κ1) is 25.6.